The molecule has 0 spiro atoms. The van der Waals surface area contributed by atoms with Crippen molar-refractivity contribution in [2.75, 3.05) is 17.3 Å². The topological polar surface area (TPSA) is 89.7 Å². The van der Waals surface area contributed by atoms with E-state index >= 15 is 0 Å². The maximum atomic E-state index is 12.5. The van der Waals surface area contributed by atoms with Crippen molar-refractivity contribution >= 4 is 58.4 Å². The van der Waals surface area contributed by atoms with Crippen molar-refractivity contribution in [2.24, 2.45) is 5.73 Å². The molecule has 0 saturated carbocycles. The smallest absolute Gasteiger partial charge is 0.323 e. The highest BCUT2D eigenvalue weighted by Gasteiger charge is 2.40. The van der Waals surface area contributed by atoms with Gasteiger partial charge in [0.2, 0.25) is 11.8 Å². The number of nitrogens with two attached hydrogens (primary N) is 1. The molecule has 130 valence electrons. The number of carbonyl (C=O) groups excluding carboxylic acids is 3. The summed E-state index contributed by atoms with van der Waals surface area (Å²) < 4.78 is 4.81. The summed E-state index contributed by atoms with van der Waals surface area (Å²) in [5, 5.41) is 0.00785. The first-order valence-corrected chi connectivity index (χ1v) is 9.01. The Hall–Kier alpha value is -1.28. The zero-order valence-corrected chi connectivity index (χ0v) is 15.2. The van der Waals surface area contributed by atoms with Crippen LogP contribution < -0.4 is 10.6 Å². The van der Waals surface area contributed by atoms with E-state index in [1.165, 1.54) is 23.9 Å². The quantitative estimate of drug-likeness (QED) is 0.591. The van der Waals surface area contributed by atoms with Gasteiger partial charge in [-0.1, -0.05) is 23.2 Å². The lowest BCUT2D eigenvalue weighted by Crippen LogP contribution is -2.36. The lowest BCUT2D eigenvalue weighted by atomic mass is 10.3. The van der Waals surface area contributed by atoms with Crippen LogP contribution in [0.4, 0.5) is 5.69 Å². The average molecular weight is 391 g/mol. The van der Waals surface area contributed by atoms with Crippen molar-refractivity contribution in [3.63, 3.8) is 0 Å². The van der Waals surface area contributed by atoms with Crippen LogP contribution >= 0.6 is 35.0 Å². The first-order chi connectivity index (χ1) is 11.3. The molecule has 1 aliphatic rings. The molecule has 1 heterocycles. The summed E-state index contributed by atoms with van der Waals surface area (Å²) in [6, 6.07) is 3.71. The number of anilines is 1. The predicted octanol–water partition coefficient (Wildman–Crippen LogP) is 2.25. The van der Waals surface area contributed by atoms with Gasteiger partial charge in [0.15, 0.2) is 0 Å². The number of esters is 1. The van der Waals surface area contributed by atoms with E-state index in [0.717, 1.165) is 4.90 Å². The van der Waals surface area contributed by atoms with Crippen molar-refractivity contribution < 1.29 is 19.1 Å². The molecule has 1 aromatic carbocycles. The number of hydrogen-bond donors (Lipinski definition) is 1. The first kappa shape index (κ1) is 19.1. The monoisotopic (exact) mass is 390 g/mol. The normalized spacial score (nSPS) is 18.8. The van der Waals surface area contributed by atoms with E-state index < -0.39 is 17.3 Å². The molecule has 24 heavy (non-hydrogen) atoms. The first-order valence-electron chi connectivity index (χ1n) is 7.20. The number of imide groups is 1. The lowest BCUT2D eigenvalue weighted by molar-refractivity contribution is -0.144. The molecule has 1 aliphatic heterocycles. The van der Waals surface area contributed by atoms with Crippen molar-refractivity contribution in [3.8, 4) is 0 Å². The highest BCUT2D eigenvalue weighted by atomic mass is 35.5. The van der Waals surface area contributed by atoms with Gasteiger partial charge in [0, 0.05) is 12.2 Å². The maximum Gasteiger partial charge on any atom is 0.323 e. The highest BCUT2D eigenvalue weighted by molar-refractivity contribution is 8.00. The molecular weight excluding hydrogens is 375 g/mol. The Balaban J connectivity index is 2.03. The summed E-state index contributed by atoms with van der Waals surface area (Å²) in [4.78, 5) is 37.2. The fourth-order valence-electron chi connectivity index (χ4n) is 2.17. The maximum absolute atomic E-state index is 12.5. The van der Waals surface area contributed by atoms with Crippen LogP contribution in [0.1, 0.15) is 13.3 Å². The van der Waals surface area contributed by atoms with Crippen molar-refractivity contribution in [1.82, 2.24) is 0 Å². The summed E-state index contributed by atoms with van der Waals surface area (Å²) in [5.74, 6) is -1.03. The van der Waals surface area contributed by atoms with Gasteiger partial charge in [-0.2, -0.15) is 0 Å². The number of benzene rings is 1. The van der Waals surface area contributed by atoms with E-state index in [2.05, 4.69) is 0 Å². The molecule has 0 radical (unpaired) electrons. The second-order valence-electron chi connectivity index (χ2n) is 5.05. The number of nitrogens with zero attached hydrogens (tertiary/aromatic N) is 1. The van der Waals surface area contributed by atoms with Gasteiger partial charge in [-0.25, -0.2) is 4.90 Å². The third kappa shape index (κ3) is 4.22. The molecule has 2 amide bonds. The summed E-state index contributed by atoms with van der Waals surface area (Å²) in [6.07, 6.45) is 0.0410. The number of rotatable bonds is 6. The van der Waals surface area contributed by atoms with Crippen LogP contribution in [0.5, 0.6) is 0 Å². The van der Waals surface area contributed by atoms with Crippen LogP contribution in [-0.4, -0.2) is 41.4 Å². The number of ether oxygens (including phenoxy) is 1. The molecule has 0 bridgehead atoms. The molecule has 9 heteroatoms. The van der Waals surface area contributed by atoms with E-state index in [1.807, 2.05) is 0 Å². The average Bonchev–Trinajstić information content (AvgIpc) is 2.82. The van der Waals surface area contributed by atoms with E-state index in [0.29, 0.717) is 10.7 Å². The fourth-order valence-corrected chi connectivity index (χ4v) is 3.54. The fraction of sp³-hybridized carbons (Fsp3) is 0.400. The van der Waals surface area contributed by atoms with Crippen LogP contribution in [0.15, 0.2) is 18.2 Å². The molecular formula is C15H16Cl2N2O4S. The van der Waals surface area contributed by atoms with Crippen LogP contribution in [-0.2, 0) is 19.1 Å². The molecule has 2 rings (SSSR count). The Morgan fingerprint density at radius 1 is 1.42 bits per heavy atom. The Labute approximate surface area is 153 Å². The molecule has 0 unspecified atom stereocenters. The van der Waals surface area contributed by atoms with Crippen LogP contribution in [0, 0.1) is 0 Å². The van der Waals surface area contributed by atoms with Gasteiger partial charge in [-0.05, 0) is 25.1 Å². The van der Waals surface area contributed by atoms with Gasteiger partial charge in [0.05, 0.1) is 27.6 Å². The van der Waals surface area contributed by atoms with E-state index in [9.17, 15) is 14.4 Å². The van der Waals surface area contributed by atoms with Gasteiger partial charge in [0.25, 0.3) is 0 Å². The molecule has 1 saturated heterocycles. The zero-order chi connectivity index (χ0) is 17.9. The minimum Gasteiger partial charge on any atom is -0.465 e. The van der Waals surface area contributed by atoms with Crippen molar-refractivity contribution in [1.29, 1.82) is 0 Å². The Bertz CT molecular complexity index is 671. The molecule has 1 aromatic rings. The largest absolute Gasteiger partial charge is 0.465 e. The minimum absolute atomic E-state index is 0.0410. The summed E-state index contributed by atoms with van der Waals surface area (Å²) in [6.45, 7) is 1.93. The SMILES string of the molecule is CCOC(=O)[C@H](N)CS[C@H]1CC(=O)N(c2ccc(Cl)c(Cl)c2)C1=O. The lowest BCUT2D eigenvalue weighted by Gasteiger charge is -2.16. The summed E-state index contributed by atoms with van der Waals surface area (Å²) >= 11 is 13.0. The summed E-state index contributed by atoms with van der Waals surface area (Å²) in [5.41, 5.74) is 6.08. The predicted molar refractivity (Wildman–Crippen MR) is 94.4 cm³/mol. The van der Waals surface area contributed by atoms with E-state index in [-0.39, 0.29) is 35.6 Å². The number of amides is 2. The second kappa shape index (κ2) is 8.20. The molecule has 6 nitrogen and oxygen atoms in total. The molecule has 1 fully saturated rings. The third-order valence-corrected chi connectivity index (χ3v) is 5.39. The van der Waals surface area contributed by atoms with Gasteiger partial charge in [-0.3, -0.25) is 14.4 Å². The molecule has 0 aliphatic carbocycles. The number of halogens is 2. The van der Waals surface area contributed by atoms with Crippen LogP contribution in [0.3, 0.4) is 0 Å². The molecule has 2 atom stereocenters. The van der Waals surface area contributed by atoms with E-state index in [4.69, 9.17) is 33.7 Å². The summed E-state index contributed by atoms with van der Waals surface area (Å²) in [7, 11) is 0. The standard InChI is InChI=1S/C15H16Cl2N2O4S/c1-2-23-15(22)11(18)7-24-12-6-13(20)19(14(12)21)8-3-4-9(16)10(17)5-8/h3-5,11-12H,2,6-7,18H2,1H3/t11-,12+/m1/s1. The number of hydrogen-bond acceptors (Lipinski definition) is 6. The zero-order valence-electron chi connectivity index (χ0n) is 12.8. The molecule has 0 aromatic heterocycles. The highest BCUT2D eigenvalue weighted by Crippen LogP contribution is 2.33. The van der Waals surface area contributed by atoms with Crippen molar-refractivity contribution in [3.05, 3.63) is 28.2 Å². The van der Waals surface area contributed by atoms with Gasteiger partial charge in [-0.15, -0.1) is 11.8 Å². The number of carbonyl (C=O) groups is 3. The van der Waals surface area contributed by atoms with E-state index in [1.54, 1.807) is 13.0 Å². The Morgan fingerprint density at radius 2 is 2.12 bits per heavy atom. The second-order valence-corrected chi connectivity index (χ2v) is 7.10. The van der Waals surface area contributed by atoms with Gasteiger partial charge in [0.1, 0.15) is 6.04 Å². The minimum atomic E-state index is -0.836. The van der Waals surface area contributed by atoms with Gasteiger partial charge >= 0.3 is 5.97 Å². The molecule has 2 N–H and O–H groups in total. The number of thioether (sulfide) groups is 1. The van der Waals surface area contributed by atoms with Crippen molar-refractivity contribution in [2.45, 2.75) is 24.6 Å². The Morgan fingerprint density at radius 3 is 2.75 bits per heavy atom. The van der Waals surface area contributed by atoms with Crippen LogP contribution in [0.25, 0.3) is 0 Å². The Kier molecular flexibility index (Phi) is 6.51. The van der Waals surface area contributed by atoms with Gasteiger partial charge < -0.3 is 10.5 Å². The van der Waals surface area contributed by atoms with Crippen LogP contribution in [0.2, 0.25) is 10.0 Å². The third-order valence-electron chi connectivity index (χ3n) is 3.33.